The summed E-state index contributed by atoms with van der Waals surface area (Å²) in [6.07, 6.45) is 14.6. The predicted molar refractivity (Wildman–Crippen MR) is 74.0 cm³/mol. The zero-order valence-corrected chi connectivity index (χ0v) is 12.2. The fraction of sp³-hybridized carbons (Fsp3) is 1.00. The van der Waals surface area contributed by atoms with Crippen LogP contribution in [0.15, 0.2) is 0 Å². The van der Waals surface area contributed by atoms with Crippen LogP contribution in [0.5, 0.6) is 0 Å². The Labute approximate surface area is 105 Å². The van der Waals surface area contributed by atoms with Gasteiger partial charge < -0.3 is 1.43 Å². The van der Waals surface area contributed by atoms with Gasteiger partial charge in [-0.05, 0) is 0 Å². The zero-order chi connectivity index (χ0) is 11.2. The minimum Gasteiger partial charge on any atom is -1.00 e. The topological polar surface area (TPSA) is 0 Å². The van der Waals surface area contributed by atoms with Crippen LogP contribution in [0.1, 0.15) is 79.5 Å². The molecule has 0 aromatic rings. The monoisotopic (exact) mass is 226 g/mol. The molecule has 0 aliphatic heterocycles. The van der Waals surface area contributed by atoms with Crippen LogP contribution in [0, 0.1) is 0 Å². The van der Waals surface area contributed by atoms with Crippen LogP contribution in [0.25, 0.3) is 0 Å². The molecule has 0 fully saturated rings. The van der Waals surface area contributed by atoms with E-state index < -0.39 is 0 Å². The second-order valence-electron chi connectivity index (χ2n) is 4.69. The van der Waals surface area contributed by atoms with E-state index in [1.807, 2.05) is 0 Å². The Morgan fingerprint density at radius 2 is 1.00 bits per heavy atom. The van der Waals surface area contributed by atoms with Crippen molar-refractivity contribution in [2.24, 2.45) is 0 Å². The van der Waals surface area contributed by atoms with E-state index in [4.69, 9.17) is 0 Å². The third-order valence-electron chi connectivity index (χ3n) is 3.02. The molecule has 0 aromatic heterocycles. The molecule has 1 heteroatoms. The van der Waals surface area contributed by atoms with Crippen LogP contribution in [0.4, 0.5) is 0 Å². The molecule has 0 amide bonds. The minimum absolute atomic E-state index is 0. The van der Waals surface area contributed by atoms with E-state index in [1.165, 1.54) is 64.2 Å². The molecule has 0 aliphatic rings. The van der Waals surface area contributed by atoms with Crippen molar-refractivity contribution in [3.8, 4) is 0 Å². The summed E-state index contributed by atoms with van der Waals surface area (Å²) >= 11 is 0.799. The third-order valence-corrected chi connectivity index (χ3v) is 4.66. The first-order chi connectivity index (χ1) is 7.41. The van der Waals surface area contributed by atoms with Gasteiger partial charge in [-0.15, -0.1) is 0 Å². The van der Waals surface area contributed by atoms with Gasteiger partial charge in [-0.3, -0.25) is 0 Å². The molecule has 0 bridgehead atoms. The van der Waals surface area contributed by atoms with E-state index in [2.05, 4.69) is 13.8 Å². The summed E-state index contributed by atoms with van der Waals surface area (Å²) in [6.45, 7) is 4.59. The van der Waals surface area contributed by atoms with Gasteiger partial charge in [-0.1, -0.05) is 0 Å². The summed E-state index contributed by atoms with van der Waals surface area (Å²) in [5, 5.41) is 3.13. The molecule has 0 spiro atoms. The van der Waals surface area contributed by atoms with Gasteiger partial charge in [-0.2, -0.15) is 0 Å². The SMILES string of the molecule is CCCCCC[CH2][Al+][CH2]CCCCCC.[H-]. The maximum absolute atomic E-state index is 2.29. The normalized spacial score (nSPS) is 10.3. The van der Waals surface area contributed by atoms with Crippen molar-refractivity contribution in [1.82, 2.24) is 0 Å². The molecule has 0 nitrogen and oxygen atoms in total. The second-order valence-corrected chi connectivity index (χ2v) is 6.43. The molecule has 0 unspecified atom stereocenters. The number of unbranched alkanes of at least 4 members (excludes halogenated alkanes) is 8. The van der Waals surface area contributed by atoms with Crippen LogP contribution < -0.4 is 0 Å². The van der Waals surface area contributed by atoms with Crippen LogP contribution in [0.3, 0.4) is 0 Å². The quantitative estimate of drug-likeness (QED) is 0.301. The van der Waals surface area contributed by atoms with Crippen molar-refractivity contribution in [2.45, 2.75) is 88.6 Å². The van der Waals surface area contributed by atoms with Gasteiger partial charge in [0.2, 0.25) is 0 Å². The van der Waals surface area contributed by atoms with Crippen LogP contribution >= 0.6 is 0 Å². The second kappa shape index (κ2) is 14.5. The number of hydrogen-bond acceptors (Lipinski definition) is 0. The Balaban J connectivity index is 0. The zero-order valence-electron chi connectivity index (χ0n) is 12.1. The van der Waals surface area contributed by atoms with Crippen LogP contribution in [0.2, 0.25) is 10.6 Å². The Bertz CT molecular complexity index is 94.9. The maximum atomic E-state index is 2.29. The van der Waals surface area contributed by atoms with E-state index in [0.29, 0.717) is 0 Å². The molecule has 0 saturated heterocycles. The molecule has 0 radical (unpaired) electrons. The van der Waals surface area contributed by atoms with E-state index in [-0.39, 0.29) is 1.43 Å². The van der Waals surface area contributed by atoms with E-state index in [1.54, 1.807) is 10.6 Å². The summed E-state index contributed by atoms with van der Waals surface area (Å²) in [7, 11) is 0. The van der Waals surface area contributed by atoms with Crippen LogP contribution in [-0.4, -0.2) is 15.2 Å². The van der Waals surface area contributed by atoms with Gasteiger partial charge in [-0.25, -0.2) is 0 Å². The Kier molecular flexibility index (Phi) is 15.0. The molecule has 0 atom stereocenters. The van der Waals surface area contributed by atoms with Gasteiger partial charge in [0.1, 0.15) is 0 Å². The standard InChI is InChI=1S/2C7H15.Al.H/c2*1-3-5-7-6-4-2;;/h2*1,3-7H2,2H3;;/q;;+1;-1. The van der Waals surface area contributed by atoms with E-state index in [0.717, 1.165) is 15.2 Å². The first-order valence-corrected chi connectivity index (χ1v) is 8.86. The average molecular weight is 226 g/mol. The number of rotatable bonds is 12. The van der Waals surface area contributed by atoms with Crippen LogP contribution in [-0.2, 0) is 0 Å². The van der Waals surface area contributed by atoms with Crippen molar-refractivity contribution >= 4 is 15.2 Å². The average Bonchev–Trinajstić information content (AvgIpc) is 2.26. The fourth-order valence-corrected chi connectivity index (χ4v) is 3.37. The maximum Gasteiger partial charge on any atom is -1.00 e. The largest absolute Gasteiger partial charge is 1.00 e. The molecule has 0 rings (SSSR count). The Hall–Kier alpha value is 0.532. The molecule has 0 heterocycles. The summed E-state index contributed by atoms with van der Waals surface area (Å²) < 4.78 is 0. The smallest absolute Gasteiger partial charge is 1.00 e. The molecule has 15 heavy (non-hydrogen) atoms. The first kappa shape index (κ1) is 15.5. The van der Waals surface area contributed by atoms with Crippen molar-refractivity contribution in [1.29, 1.82) is 0 Å². The summed E-state index contributed by atoms with van der Waals surface area (Å²) in [6, 6.07) is 0. The molecule has 0 saturated carbocycles. The molecular weight excluding hydrogens is 195 g/mol. The van der Waals surface area contributed by atoms with Crippen molar-refractivity contribution < 1.29 is 1.43 Å². The molecule has 0 N–H and O–H groups in total. The first-order valence-electron chi connectivity index (χ1n) is 7.23. The molecular formula is C14H31Al. The van der Waals surface area contributed by atoms with Gasteiger partial charge >= 0.3 is 104 Å². The fourth-order valence-electron chi connectivity index (χ4n) is 1.93. The Morgan fingerprint density at radius 1 is 0.600 bits per heavy atom. The minimum atomic E-state index is 0. The summed E-state index contributed by atoms with van der Waals surface area (Å²) in [5.41, 5.74) is 0. The number of hydrogen-bond donors (Lipinski definition) is 0. The van der Waals surface area contributed by atoms with Crippen molar-refractivity contribution in [3.05, 3.63) is 0 Å². The summed E-state index contributed by atoms with van der Waals surface area (Å²) in [4.78, 5) is 0. The third kappa shape index (κ3) is 14.5. The molecule has 90 valence electrons. The molecule has 0 aromatic carbocycles. The van der Waals surface area contributed by atoms with E-state index >= 15 is 0 Å². The van der Waals surface area contributed by atoms with Gasteiger partial charge in [0.25, 0.3) is 0 Å². The van der Waals surface area contributed by atoms with E-state index in [9.17, 15) is 0 Å². The van der Waals surface area contributed by atoms with Gasteiger partial charge in [0, 0.05) is 0 Å². The Morgan fingerprint density at radius 3 is 1.40 bits per heavy atom. The van der Waals surface area contributed by atoms with Gasteiger partial charge in [0.05, 0.1) is 0 Å². The van der Waals surface area contributed by atoms with Crippen molar-refractivity contribution in [2.75, 3.05) is 0 Å². The molecule has 0 aliphatic carbocycles. The van der Waals surface area contributed by atoms with Gasteiger partial charge in [0.15, 0.2) is 0 Å². The van der Waals surface area contributed by atoms with Crippen molar-refractivity contribution in [3.63, 3.8) is 0 Å². The predicted octanol–water partition coefficient (Wildman–Crippen LogP) is 5.58. The summed E-state index contributed by atoms with van der Waals surface area (Å²) in [5.74, 6) is 0.